The first kappa shape index (κ1) is 18.4. The summed E-state index contributed by atoms with van der Waals surface area (Å²) in [4.78, 5) is 19.6. The molecule has 27 heavy (non-hydrogen) atoms. The predicted octanol–water partition coefficient (Wildman–Crippen LogP) is 6.05. The van der Waals surface area contributed by atoms with Gasteiger partial charge in [0, 0.05) is 12.7 Å². The Kier molecular flexibility index (Phi) is 4.91. The number of nitrogens with one attached hydrogen (secondary N) is 1. The summed E-state index contributed by atoms with van der Waals surface area (Å²) in [6.07, 6.45) is 1.57. The topological polar surface area (TPSA) is 50.7 Å². The van der Waals surface area contributed by atoms with Crippen LogP contribution in [0.15, 0.2) is 53.5 Å². The summed E-state index contributed by atoms with van der Waals surface area (Å²) in [5, 5.41) is 1.74. The number of H-pyrrole nitrogens is 1. The van der Waals surface area contributed by atoms with E-state index in [1.807, 2.05) is 10.6 Å². The molecule has 4 nitrogen and oxygen atoms in total. The molecule has 136 valence electrons. The number of imidazole rings is 1. The van der Waals surface area contributed by atoms with Crippen LogP contribution in [0.4, 0.5) is 0 Å². The van der Waals surface area contributed by atoms with Crippen molar-refractivity contribution in [3.8, 4) is 11.4 Å². The Hall–Kier alpha value is -1.98. The Labute approximate surface area is 174 Å². The second-order valence-corrected chi connectivity index (χ2v) is 7.57. The average molecular weight is 439 g/mol. The first-order valence-corrected chi connectivity index (χ1v) is 9.42. The minimum absolute atomic E-state index is 0.236. The van der Waals surface area contributed by atoms with Crippen LogP contribution < -0.4 is 5.56 Å². The highest BCUT2D eigenvalue weighted by Crippen LogP contribution is 2.32. The molecule has 0 bridgehead atoms. The Morgan fingerprint density at radius 2 is 1.67 bits per heavy atom. The molecule has 4 rings (SSSR count). The summed E-state index contributed by atoms with van der Waals surface area (Å²) in [6.45, 7) is 0.426. The normalized spacial score (nSPS) is 11.3. The van der Waals surface area contributed by atoms with Gasteiger partial charge < -0.3 is 9.55 Å². The molecule has 0 fully saturated rings. The molecule has 0 aliphatic heterocycles. The summed E-state index contributed by atoms with van der Waals surface area (Å²) in [5.41, 5.74) is 2.52. The fourth-order valence-corrected chi connectivity index (χ4v) is 3.54. The molecular weight excluding hydrogens is 428 g/mol. The van der Waals surface area contributed by atoms with Crippen LogP contribution >= 0.6 is 46.4 Å². The van der Waals surface area contributed by atoms with E-state index in [0.29, 0.717) is 43.5 Å². The number of benzene rings is 2. The summed E-state index contributed by atoms with van der Waals surface area (Å²) >= 11 is 24.5. The van der Waals surface area contributed by atoms with Crippen molar-refractivity contribution in [3.05, 3.63) is 84.7 Å². The molecule has 0 aliphatic rings. The molecule has 0 aliphatic carbocycles. The van der Waals surface area contributed by atoms with Crippen molar-refractivity contribution in [2.75, 3.05) is 0 Å². The molecule has 1 N–H and O–H groups in total. The molecule has 0 radical (unpaired) electrons. The second-order valence-electron chi connectivity index (χ2n) is 5.94. The standard InChI is InChI=1S/C19H11Cl4N3O/c20-12-4-3-10(6-13(12)21)9-26-17-8-15(23)14(22)7-16(17)25-18(26)11-2-1-5-24-19(11)27/h1-8H,9H2,(H,24,27). The van der Waals surface area contributed by atoms with Crippen molar-refractivity contribution in [2.24, 2.45) is 0 Å². The van der Waals surface area contributed by atoms with Crippen LogP contribution in [-0.4, -0.2) is 14.5 Å². The number of hydrogen-bond donors (Lipinski definition) is 1. The number of aromatic amines is 1. The van der Waals surface area contributed by atoms with Crippen LogP contribution in [-0.2, 0) is 6.54 Å². The van der Waals surface area contributed by atoms with Crippen LogP contribution in [0, 0.1) is 0 Å². The van der Waals surface area contributed by atoms with Gasteiger partial charge in [-0.25, -0.2) is 4.98 Å². The molecule has 0 saturated heterocycles. The van der Waals surface area contributed by atoms with Crippen molar-refractivity contribution in [3.63, 3.8) is 0 Å². The van der Waals surface area contributed by atoms with Gasteiger partial charge in [-0.3, -0.25) is 4.79 Å². The third-order valence-electron chi connectivity index (χ3n) is 4.17. The Morgan fingerprint density at radius 1 is 0.926 bits per heavy atom. The van der Waals surface area contributed by atoms with Gasteiger partial charge in [0.1, 0.15) is 5.82 Å². The van der Waals surface area contributed by atoms with E-state index in [4.69, 9.17) is 46.4 Å². The highest BCUT2D eigenvalue weighted by atomic mass is 35.5. The van der Waals surface area contributed by atoms with Crippen LogP contribution in [0.25, 0.3) is 22.4 Å². The maximum Gasteiger partial charge on any atom is 0.258 e. The molecular formula is C19H11Cl4N3O. The van der Waals surface area contributed by atoms with E-state index in [9.17, 15) is 4.79 Å². The smallest absolute Gasteiger partial charge is 0.258 e. The lowest BCUT2D eigenvalue weighted by molar-refractivity contribution is 0.832. The highest BCUT2D eigenvalue weighted by molar-refractivity contribution is 6.43. The third kappa shape index (κ3) is 3.46. The van der Waals surface area contributed by atoms with Crippen molar-refractivity contribution in [2.45, 2.75) is 6.54 Å². The van der Waals surface area contributed by atoms with Gasteiger partial charge in [0.15, 0.2) is 0 Å². The zero-order chi connectivity index (χ0) is 19.1. The minimum Gasteiger partial charge on any atom is -0.328 e. The van der Waals surface area contributed by atoms with E-state index in [-0.39, 0.29) is 5.56 Å². The zero-order valence-electron chi connectivity index (χ0n) is 13.6. The highest BCUT2D eigenvalue weighted by Gasteiger charge is 2.17. The number of rotatable bonds is 3. The van der Waals surface area contributed by atoms with Gasteiger partial charge in [0.2, 0.25) is 0 Å². The van der Waals surface area contributed by atoms with Crippen molar-refractivity contribution in [1.82, 2.24) is 14.5 Å². The number of aromatic nitrogens is 3. The van der Waals surface area contributed by atoms with Gasteiger partial charge in [-0.2, -0.15) is 0 Å². The van der Waals surface area contributed by atoms with E-state index in [1.54, 1.807) is 42.6 Å². The van der Waals surface area contributed by atoms with Crippen molar-refractivity contribution in [1.29, 1.82) is 0 Å². The van der Waals surface area contributed by atoms with Crippen LogP contribution in [0.5, 0.6) is 0 Å². The average Bonchev–Trinajstić information content (AvgIpc) is 2.96. The fourth-order valence-electron chi connectivity index (χ4n) is 2.90. The van der Waals surface area contributed by atoms with Gasteiger partial charge in [0.05, 0.1) is 36.7 Å². The second kappa shape index (κ2) is 7.21. The quantitative estimate of drug-likeness (QED) is 0.423. The van der Waals surface area contributed by atoms with E-state index >= 15 is 0 Å². The Morgan fingerprint density at radius 3 is 2.41 bits per heavy atom. The van der Waals surface area contributed by atoms with E-state index < -0.39 is 0 Å². The molecule has 4 aromatic rings. The summed E-state index contributed by atoms with van der Waals surface area (Å²) < 4.78 is 1.90. The maximum atomic E-state index is 12.3. The molecule has 0 saturated carbocycles. The largest absolute Gasteiger partial charge is 0.328 e. The van der Waals surface area contributed by atoms with Gasteiger partial charge in [-0.05, 0) is 42.0 Å². The van der Waals surface area contributed by atoms with E-state index in [2.05, 4.69) is 9.97 Å². The maximum absolute atomic E-state index is 12.3. The molecule has 0 unspecified atom stereocenters. The van der Waals surface area contributed by atoms with Crippen LogP contribution in [0.2, 0.25) is 20.1 Å². The number of pyridine rings is 1. The van der Waals surface area contributed by atoms with Gasteiger partial charge >= 0.3 is 0 Å². The lowest BCUT2D eigenvalue weighted by Crippen LogP contribution is -2.11. The first-order chi connectivity index (χ1) is 12.9. The summed E-state index contributed by atoms with van der Waals surface area (Å²) in [5.74, 6) is 0.510. The van der Waals surface area contributed by atoms with E-state index in [1.165, 1.54) is 0 Å². The Bertz CT molecular complexity index is 1230. The SMILES string of the molecule is O=c1[nH]cccc1-c1nc2cc(Cl)c(Cl)cc2n1Cc1ccc(Cl)c(Cl)c1. The molecule has 8 heteroatoms. The van der Waals surface area contributed by atoms with Crippen molar-refractivity contribution < 1.29 is 0 Å². The third-order valence-corrected chi connectivity index (χ3v) is 5.64. The predicted molar refractivity (Wildman–Crippen MR) is 111 cm³/mol. The van der Waals surface area contributed by atoms with Crippen LogP contribution in [0.1, 0.15) is 5.56 Å². The molecule has 0 atom stereocenters. The fraction of sp³-hybridized carbons (Fsp3) is 0.0526. The Balaban J connectivity index is 1.96. The molecule has 0 spiro atoms. The zero-order valence-corrected chi connectivity index (χ0v) is 16.7. The van der Waals surface area contributed by atoms with E-state index in [0.717, 1.165) is 11.1 Å². The molecule has 2 heterocycles. The number of fused-ring (bicyclic) bond motifs is 1. The van der Waals surface area contributed by atoms with Gasteiger partial charge in [-0.15, -0.1) is 0 Å². The lowest BCUT2D eigenvalue weighted by Gasteiger charge is -2.10. The van der Waals surface area contributed by atoms with Crippen molar-refractivity contribution >= 4 is 57.4 Å². The molecule has 0 amide bonds. The first-order valence-electron chi connectivity index (χ1n) is 7.91. The van der Waals surface area contributed by atoms with Crippen LogP contribution in [0.3, 0.4) is 0 Å². The molecule has 2 aromatic carbocycles. The summed E-state index contributed by atoms with van der Waals surface area (Å²) in [7, 11) is 0. The lowest BCUT2D eigenvalue weighted by atomic mass is 10.2. The summed E-state index contributed by atoms with van der Waals surface area (Å²) in [6, 6.07) is 12.3. The minimum atomic E-state index is -0.236. The van der Waals surface area contributed by atoms with Gasteiger partial charge in [-0.1, -0.05) is 52.5 Å². The number of halogens is 4. The molecule has 2 aromatic heterocycles. The van der Waals surface area contributed by atoms with Gasteiger partial charge in [0.25, 0.3) is 5.56 Å². The number of nitrogens with zero attached hydrogens (tertiary/aromatic N) is 2. The monoisotopic (exact) mass is 437 g/mol. The number of hydrogen-bond acceptors (Lipinski definition) is 2.